The highest BCUT2D eigenvalue weighted by atomic mass is 28.4. The van der Waals surface area contributed by atoms with Crippen LogP contribution in [0.3, 0.4) is 0 Å². The molecule has 258 valence electrons. The molecule has 2 fully saturated rings. The molecule has 7 rings (SSSR count). The summed E-state index contributed by atoms with van der Waals surface area (Å²) in [6.07, 6.45) is -3.43. The maximum absolute atomic E-state index is 7.66. The smallest absolute Gasteiger partial charge is 0.264 e. The second-order valence-corrected chi connectivity index (χ2v) is 18.3. The van der Waals surface area contributed by atoms with E-state index in [2.05, 4.69) is 106 Å². The predicted octanol–water partition coefficient (Wildman–Crippen LogP) is 7.57. The highest BCUT2D eigenvalue weighted by Crippen LogP contribution is 2.42. The molecule has 50 heavy (non-hydrogen) atoms. The summed E-state index contributed by atoms with van der Waals surface area (Å²) in [7, 11) is -3.07. The van der Waals surface area contributed by atoms with Gasteiger partial charge in [0.15, 0.2) is 12.6 Å². The van der Waals surface area contributed by atoms with Crippen molar-refractivity contribution < 1.29 is 28.1 Å². The van der Waals surface area contributed by atoms with Crippen molar-refractivity contribution in [3.8, 4) is 0 Å². The highest BCUT2D eigenvalue weighted by Gasteiger charge is 2.57. The van der Waals surface area contributed by atoms with Crippen LogP contribution < -0.4 is 10.4 Å². The number of benzene rings is 5. The van der Waals surface area contributed by atoms with Crippen LogP contribution in [0.1, 0.15) is 43.8 Å². The topological polar surface area (TPSA) is 55.4 Å². The van der Waals surface area contributed by atoms with E-state index in [-0.39, 0.29) is 5.04 Å². The molecule has 3 unspecified atom stereocenters. The summed E-state index contributed by atoms with van der Waals surface area (Å²) in [5.74, 6) is 0. The van der Waals surface area contributed by atoms with Gasteiger partial charge < -0.3 is 28.1 Å². The van der Waals surface area contributed by atoms with Gasteiger partial charge in [-0.15, -0.1) is 0 Å². The summed E-state index contributed by atoms with van der Waals surface area (Å²) in [6.45, 7) is 7.87. The summed E-state index contributed by atoms with van der Waals surface area (Å²) in [4.78, 5) is 0. The normalized spacial score (nSPS) is 24.0. The Balaban J connectivity index is 1.31. The first-order valence-electron chi connectivity index (χ1n) is 17.5. The molecule has 5 aromatic carbocycles. The molecule has 0 aromatic heterocycles. The summed E-state index contributed by atoms with van der Waals surface area (Å²) in [5, 5.41) is 2.04. The number of ether oxygens (including phenoxy) is 5. The van der Waals surface area contributed by atoms with Crippen LogP contribution in [0.25, 0.3) is 0 Å². The Labute approximate surface area is 297 Å². The lowest BCUT2D eigenvalue weighted by Crippen LogP contribution is -2.72. The van der Waals surface area contributed by atoms with Crippen LogP contribution in [0, 0.1) is 0 Å². The van der Waals surface area contributed by atoms with Crippen LogP contribution in [-0.2, 0) is 41.3 Å². The zero-order chi connectivity index (χ0) is 34.4. The molecular formula is C43H46O6Si. The van der Waals surface area contributed by atoms with Gasteiger partial charge in [-0.25, -0.2) is 0 Å². The van der Waals surface area contributed by atoms with E-state index in [1.54, 1.807) is 0 Å². The van der Waals surface area contributed by atoms with Gasteiger partial charge in [-0.05, 0) is 26.5 Å². The molecule has 2 aliphatic heterocycles. The first-order valence-corrected chi connectivity index (χ1v) is 19.4. The minimum Gasteiger partial charge on any atom is -0.381 e. The molecule has 0 bridgehead atoms. The van der Waals surface area contributed by atoms with Crippen LogP contribution in [0.15, 0.2) is 152 Å². The van der Waals surface area contributed by atoms with E-state index >= 15 is 0 Å². The summed E-state index contributed by atoms with van der Waals surface area (Å²) in [6, 6.07) is 51.7. The van der Waals surface area contributed by atoms with Crippen molar-refractivity contribution >= 4 is 18.7 Å². The van der Waals surface area contributed by atoms with Crippen molar-refractivity contribution in [3.05, 3.63) is 168 Å². The lowest BCUT2D eigenvalue weighted by Gasteiger charge is -2.52. The molecule has 5 aromatic rings. The zero-order valence-corrected chi connectivity index (χ0v) is 30.0. The number of fused-ring (bicyclic) bond motifs is 1. The fourth-order valence-electron chi connectivity index (χ4n) is 7.19. The molecule has 0 amide bonds. The van der Waals surface area contributed by atoms with Gasteiger partial charge >= 0.3 is 0 Å². The maximum Gasteiger partial charge on any atom is 0.264 e. The van der Waals surface area contributed by atoms with Crippen molar-refractivity contribution in [2.24, 2.45) is 0 Å². The Bertz CT molecular complexity index is 1710. The lowest BCUT2D eigenvalue weighted by atomic mass is 9.97. The molecule has 6 atom stereocenters. The Morgan fingerprint density at radius 2 is 1.04 bits per heavy atom. The van der Waals surface area contributed by atoms with Crippen LogP contribution in [-0.4, -0.2) is 45.6 Å². The fourth-order valence-corrected chi connectivity index (χ4v) is 11.7. The molecular weight excluding hydrogens is 641 g/mol. The van der Waals surface area contributed by atoms with Gasteiger partial charge in [0.2, 0.25) is 0 Å². The van der Waals surface area contributed by atoms with Gasteiger partial charge in [-0.3, -0.25) is 0 Å². The summed E-state index contributed by atoms with van der Waals surface area (Å²) >= 11 is 0. The second-order valence-electron chi connectivity index (χ2n) is 14.0. The Hall–Kier alpha value is -3.92. The summed E-state index contributed by atoms with van der Waals surface area (Å²) < 4.78 is 41.6. The van der Waals surface area contributed by atoms with Crippen LogP contribution in [0.4, 0.5) is 0 Å². The van der Waals surface area contributed by atoms with Gasteiger partial charge in [0.1, 0.15) is 24.4 Å². The molecule has 0 N–H and O–H groups in total. The second kappa shape index (κ2) is 15.5. The Kier molecular flexibility index (Phi) is 10.7. The molecule has 0 radical (unpaired) electrons. The highest BCUT2D eigenvalue weighted by molar-refractivity contribution is 6.99. The zero-order valence-electron chi connectivity index (χ0n) is 29.0. The van der Waals surface area contributed by atoms with E-state index in [0.29, 0.717) is 19.8 Å². The molecule has 2 saturated heterocycles. The van der Waals surface area contributed by atoms with E-state index < -0.39 is 45.3 Å². The third-order valence-electron chi connectivity index (χ3n) is 9.64. The average Bonchev–Trinajstić information content (AvgIpc) is 3.16. The standard InChI is InChI=1S/C43H46O6Si/c1-43(2,3)50(35-25-15-7-16-26-35,36-27-17-8-18-28-36)49-42-40(45-30-33-21-11-5-12-22-33)39(44-29-32-19-9-4-10-20-32)38-37(47-42)31-46-41(48-38)34-23-13-6-14-24-34/h4-28,37-42H,29-31H2,1-3H3/t37?,38-,39-,40?,41?,42+/m1/s1. The van der Waals surface area contributed by atoms with E-state index in [1.807, 2.05) is 66.7 Å². The molecule has 0 spiro atoms. The van der Waals surface area contributed by atoms with Crippen LogP contribution in [0.2, 0.25) is 5.04 Å². The number of hydrogen-bond acceptors (Lipinski definition) is 6. The molecule has 0 aliphatic carbocycles. The lowest BCUT2D eigenvalue weighted by molar-refractivity contribution is -0.362. The Morgan fingerprint density at radius 3 is 1.54 bits per heavy atom. The third-order valence-corrected chi connectivity index (χ3v) is 14.6. The SMILES string of the molecule is CC(C)(C)[Si](O[C@@H]1OC2COC(c3ccccc3)O[C@H]2[C@@H](OCc2ccccc2)C1OCc1ccccc1)(c1ccccc1)c1ccccc1. The molecule has 2 aliphatic rings. The van der Waals surface area contributed by atoms with Crippen LogP contribution >= 0.6 is 0 Å². The van der Waals surface area contributed by atoms with E-state index in [0.717, 1.165) is 27.1 Å². The van der Waals surface area contributed by atoms with Gasteiger partial charge in [0.25, 0.3) is 8.32 Å². The van der Waals surface area contributed by atoms with Gasteiger partial charge in [0, 0.05) is 5.56 Å². The van der Waals surface area contributed by atoms with Crippen molar-refractivity contribution in [1.29, 1.82) is 0 Å². The van der Waals surface area contributed by atoms with Crippen LogP contribution in [0.5, 0.6) is 0 Å². The molecule has 7 heteroatoms. The number of rotatable bonds is 11. The molecule has 6 nitrogen and oxygen atoms in total. The first kappa shape index (κ1) is 34.5. The third kappa shape index (κ3) is 7.41. The summed E-state index contributed by atoms with van der Waals surface area (Å²) in [5.41, 5.74) is 3.06. The molecule has 0 saturated carbocycles. The quantitative estimate of drug-likeness (QED) is 0.134. The first-order chi connectivity index (χ1) is 24.4. The van der Waals surface area contributed by atoms with Crippen molar-refractivity contribution in [3.63, 3.8) is 0 Å². The predicted molar refractivity (Wildman–Crippen MR) is 197 cm³/mol. The van der Waals surface area contributed by atoms with E-state index in [9.17, 15) is 0 Å². The van der Waals surface area contributed by atoms with Crippen molar-refractivity contribution in [2.45, 2.75) is 76.0 Å². The van der Waals surface area contributed by atoms with E-state index in [4.69, 9.17) is 28.1 Å². The largest absolute Gasteiger partial charge is 0.381 e. The maximum atomic E-state index is 7.66. The van der Waals surface area contributed by atoms with Gasteiger partial charge in [-0.1, -0.05) is 172 Å². The van der Waals surface area contributed by atoms with Crippen molar-refractivity contribution in [1.82, 2.24) is 0 Å². The molecule has 2 heterocycles. The van der Waals surface area contributed by atoms with Crippen molar-refractivity contribution in [2.75, 3.05) is 6.61 Å². The minimum atomic E-state index is -3.07. The monoisotopic (exact) mass is 686 g/mol. The minimum absolute atomic E-state index is 0.280. The average molecular weight is 687 g/mol. The van der Waals surface area contributed by atoms with Gasteiger partial charge in [0.05, 0.1) is 19.8 Å². The number of hydrogen-bond donors (Lipinski definition) is 0. The van der Waals surface area contributed by atoms with E-state index in [1.165, 1.54) is 0 Å². The van der Waals surface area contributed by atoms with Gasteiger partial charge in [-0.2, -0.15) is 0 Å². The Morgan fingerprint density at radius 1 is 0.580 bits per heavy atom. The fraction of sp³-hybridized carbons (Fsp3) is 0.302.